The summed E-state index contributed by atoms with van der Waals surface area (Å²) in [7, 11) is 0. The van der Waals surface area contributed by atoms with Crippen LogP contribution in [0.4, 0.5) is 0 Å². The van der Waals surface area contributed by atoms with Crippen LogP contribution in [-0.2, 0) is 0 Å². The minimum atomic E-state index is -0.882. The fourth-order valence-electron chi connectivity index (χ4n) is 4.09. The van der Waals surface area contributed by atoms with Crippen molar-refractivity contribution in [3.63, 3.8) is 0 Å². The summed E-state index contributed by atoms with van der Waals surface area (Å²) in [6, 6.07) is 15.9. The number of allylic oxidation sites excluding steroid dienone is 1. The summed E-state index contributed by atoms with van der Waals surface area (Å²) in [5.41, 5.74) is 3.98. The molecule has 2 heteroatoms. The van der Waals surface area contributed by atoms with Crippen molar-refractivity contribution in [2.75, 3.05) is 0 Å². The standard InChI is InChI=1S/C24H28O2/c1-2-3-4-5-18-6-8-19(9-7-18)20-10-12-21(13-11-20)22-14-16-23(17-15-22)24(25)26/h2,10-19H,1,3-9H2,(H,25,26)/t18-,19-. The highest BCUT2D eigenvalue weighted by atomic mass is 16.4. The predicted molar refractivity (Wildman–Crippen MR) is 108 cm³/mol. The number of hydrogen-bond acceptors (Lipinski definition) is 1. The highest BCUT2D eigenvalue weighted by molar-refractivity contribution is 5.88. The molecule has 0 radical (unpaired) electrons. The van der Waals surface area contributed by atoms with E-state index in [2.05, 4.69) is 30.8 Å². The molecule has 1 saturated carbocycles. The number of carboxylic acid groups (broad SMARTS) is 1. The lowest BCUT2D eigenvalue weighted by atomic mass is 9.77. The van der Waals surface area contributed by atoms with Gasteiger partial charge in [-0.25, -0.2) is 4.79 Å². The summed E-state index contributed by atoms with van der Waals surface area (Å²) >= 11 is 0. The first-order valence-electron chi connectivity index (χ1n) is 9.72. The van der Waals surface area contributed by atoms with Crippen LogP contribution < -0.4 is 0 Å². The van der Waals surface area contributed by atoms with Gasteiger partial charge in [0, 0.05) is 0 Å². The molecule has 0 saturated heterocycles. The lowest BCUT2D eigenvalue weighted by Crippen LogP contribution is -2.13. The molecule has 2 aromatic carbocycles. The van der Waals surface area contributed by atoms with Crippen LogP contribution in [0.3, 0.4) is 0 Å². The van der Waals surface area contributed by atoms with Crippen LogP contribution in [0.15, 0.2) is 61.2 Å². The van der Waals surface area contributed by atoms with Crippen LogP contribution in [0.5, 0.6) is 0 Å². The van der Waals surface area contributed by atoms with Crippen molar-refractivity contribution in [1.29, 1.82) is 0 Å². The maximum absolute atomic E-state index is 11.0. The van der Waals surface area contributed by atoms with Gasteiger partial charge < -0.3 is 5.11 Å². The van der Waals surface area contributed by atoms with Gasteiger partial charge >= 0.3 is 5.97 Å². The Hall–Kier alpha value is -2.35. The first-order valence-corrected chi connectivity index (χ1v) is 9.72. The Morgan fingerprint density at radius 2 is 1.54 bits per heavy atom. The molecular weight excluding hydrogens is 320 g/mol. The van der Waals surface area contributed by atoms with Crippen LogP contribution in [0.25, 0.3) is 11.1 Å². The number of rotatable bonds is 7. The van der Waals surface area contributed by atoms with E-state index in [9.17, 15) is 4.79 Å². The van der Waals surface area contributed by atoms with Gasteiger partial charge in [-0.15, -0.1) is 6.58 Å². The maximum atomic E-state index is 11.0. The predicted octanol–water partition coefficient (Wildman–Crippen LogP) is 6.68. The van der Waals surface area contributed by atoms with Gasteiger partial charge in [0.15, 0.2) is 0 Å². The van der Waals surface area contributed by atoms with E-state index >= 15 is 0 Å². The Morgan fingerprint density at radius 1 is 0.962 bits per heavy atom. The number of benzene rings is 2. The second-order valence-electron chi connectivity index (χ2n) is 7.44. The zero-order valence-electron chi connectivity index (χ0n) is 15.4. The normalized spacial score (nSPS) is 19.8. The molecule has 26 heavy (non-hydrogen) atoms. The summed E-state index contributed by atoms with van der Waals surface area (Å²) in [6.45, 7) is 3.81. The fraction of sp³-hybridized carbons (Fsp3) is 0.375. The van der Waals surface area contributed by atoms with Crippen LogP contribution in [-0.4, -0.2) is 11.1 Å². The fourth-order valence-corrected chi connectivity index (χ4v) is 4.09. The Balaban J connectivity index is 1.58. The van der Waals surface area contributed by atoms with Crippen LogP contribution in [0.2, 0.25) is 0 Å². The number of hydrogen-bond donors (Lipinski definition) is 1. The number of carbonyl (C=O) groups is 1. The van der Waals surface area contributed by atoms with E-state index in [1.807, 2.05) is 18.2 Å². The van der Waals surface area contributed by atoms with Crippen molar-refractivity contribution < 1.29 is 9.90 Å². The van der Waals surface area contributed by atoms with Crippen LogP contribution >= 0.6 is 0 Å². The topological polar surface area (TPSA) is 37.3 Å². The van der Waals surface area contributed by atoms with Crippen LogP contribution in [0, 0.1) is 5.92 Å². The van der Waals surface area contributed by atoms with Gasteiger partial charge in [0.2, 0.25) is 0 Å². The van der Waals surface area contributed by atoms with Crippen molar-refractivity contribution >= 4 is 5.97 Å². The molecule has 1 N–H and O–H groups in total. The molecule has 0 bridgehead atoms. The minimum Gasteiger partial charge on any atom is -0.478 e. The number of aromatic carboxylic acids is 1. The summed E-state index contributed by atoms with van der Waals surface area (Å²) < 4.78 is 0. The van der Waals surface area contributed by atoms with Crippen molar-refractivity contribution in [2.24, 2.45) is 5.92 Å². The minimum absolute atomic E-state index is 0.329. The second-order valence-corrected chi connectivity index (χ2v) is 7.44. The molecular formula is C24H28O2. The van der Waals surface area contributed by atoms with Gasteiger partial charge in [-0.05, 0) is 79.2 Å². The molecule has 0 spiro atoms. The van der Waals surface area contributed by atoms with Crippen LogP contribution in [0.1, 0.15) is 66.8 Å². The van der Waals surface area contributed by atoms with E-state index in [1.165, 1.54) is 44.1 Å². The van der Waals surface area contributed by atoms with Crippen molar-refractivity contribution in [3.8, 4) is 11.1 Å². The third kappa shape index (κ3) is 4.63. The summed E-state index contributed by atoms with van der Waals surface area (Å²) in [4.78, 5) is 11.0. The molecule has 0 aliphatic heterocycles. The third-order valence-corrected chi connectivity index (χ3v) is 5.71. The van der Waals surface area contributed by atoms with E-state index in [0.717, 1.165) is 23.5 Å². The number of carboxylic acids is 1. The zero-order valence-corrected chi connectivity index (χ0v) is 15.4. The van der Waals surface area contributed by atoms with E-state index in [-0.39, 0.29) is 0 Å². The quantitative estimate of drug-likeness (QED) is 0.447. The van der Waals surface area contributed by atoms with E-state index in [0.29, 0.717) is 11.5 Å². The highest BCUT2D eigenvalue weighted by Crippen LogP contribution is 2.38. The van der Waals surface area contributed by atoms with Crippen molar-refractivity contribution in [2.45, 2.75) is 50.9 Å². The Labute approximate surface area is 156 Å². The van der Waals surface area contributed by atoms with Gasteiger partial charge in [-0.1, -0.05) is 48.9 Å². The molecule has 0 amide bonds. The van der Waals surface area contributed by atoms with E-state index < -0.39 is 5.97 Å². The first-order chi connectivity index (χ1) is 12.7. The molecule has 1 fully saturated rings. The molecule has 136 valence electrons. The SMILES string of the molecule is C=CCCC[C@H]1CC[C@H](c2ccc(-c3ccc(C(=O)O)cc3)cc2)CC1. The second kappa shape index (κ2) is 8.84. The summed E-state index contributed by atoms with van der Waals surface area (Å²) in [5, 5.41) is 9.00. The van der Waals surface area contributed by atoms with Gasteiger partial charge in [0.1, 0.15) is 0 Å². The average molecular weight is 348 g/mol. The monoisotopic (exact) mass is 348 g/mol. The molecule has 1 aliphatic rings. The zero-order chi connectivity index (χ0) is 18.4. The average Bonchev–Trinajstić information content (AvgIpc) is 2.69. The van der Waals surface area contributed by atoms with Gasteiger partial charge in [-0.2, -0.15) is 0 Å². The molecule has 3 rings (SSSR count). The largest absolute Gasteiger partial charge is 0.478 e. The molecule has 2 nitrogen and oxygen atoms in total. The van der Waals surface area contributed by atoms with E-state index in [1.54, 1.807) is 12.1 Å². The van der Waals surface area contributed by atoms with Gasteiger partial charge in [-0.3, -0.25) is 0 Å². The Bertz CT molecular complexity index is 720. The summed E-state index contributed by atoms with van der Waals surface area (Å²) in [6.07, 6.45) is 11.1. The van der Waals surface area contributed by atoms with E-state index in [4.69, 9.17) is 5.11 Å². The van der Waals surface area contributed by atoms with Crippen molar-refractivity contribution in [3.05, 3.63) is 72.3 Å². The molecule has 0 heterocycles. The number of unbranched alkanes of at least 4 members (excludes halogenated alkanes) is 1. The Kier molecular flexibility index (Phi) is 6.27. The van der Waals surface area contributed by atoms with Gasteiger partial charge in [0.05, 0.1) is 5.56 Å². The summed E-state index contributed by atoms with van der Waals surface area (Å²) in [5.74, 6) is 0.708. The smallest absolute Gasteiger partial charge is 0.335 e. The van der Waals surface area contributed by atoms with Gasteiger partial charge in [0.25, 0.3) is 0 Å². The third-order valence-electron chi connectivity index (χ3n) is 5.71. The molecule has 0 unspecified atom stereocenters. The molecule has 0 aromatic heterocycles. The molecule has 1 aliphatic carbocycles. The lowest BCUT2D eigenvalue weighted by Gasteiger charge is -2.29. The molecule has 0 atom stereocenters. The molecule has 2 aromatic rings. The maximum Gasteiger partial charge on any atom is 0.335 e. The Morgan fingerprint density at radius 3 is 2.08 bits per heavy atom. The van der Waals surface area contributed by atoms with Crippen molar-refractivity contribution in [1.82, 2.24) is 0 Å². The lowest BCUT2D eigenvalue weighted by molar-refractivity contribution is 0.0697. The highest BCUT2D eigenvalue weighted by Gasteiger charge is 2.21. The first kappa shape index (κ1) is 18.4.